The maximum absolute atomic E-state index is 6.42. The largest absolute Gasteiger partial charge is 0.316 e. The summed E-state index contributed by atoms with van der Waals surface area (Å²) in [7, 11) is 0. The highest BCUT2D eigenvalue weighted by molar-refractivity contribution is 7.10. The van der Waals surface area contributed by atoms with Crippen LogP contribution in [0.1, 0.15) is 57.2 Å². The van der Waals surface area contributed by atoms with Crippen molar-refractivity contribution in [2.24, 2.45) is 17.8 Å². The standard InChI is InChI=1S/C17H28ClNS/c1-4-8-19-11-14-6-5-13(12(2)3)10-15(14)17-16(18)7-9-20-17/h7,9,12-15,19H,4-6,8,10-11H2,1-3H3. The van der Waals surface area contributed by atoms with E-state index < -0.39 is 0 Å². The Hall–Kier alpha value is -0.0500. The van der Waals surface area contributed by atoms with Crippen LogP contribution in [0.15, 0.2) is 11.4 Å². The molecular weight excluding hydrogens is 286 g/mol. The highest BCUT2D eigenvalue weighted by atomic mass is 35.5. The number of thiophene rings is 1. The van der Waals surface area contributed by atoms with Crippen LogP contribution in [0.3, 0.4) is 0 Å². The molecule has 2 rings (SSSR count). The van der Waals surface area contributed by atoms with Crippen LogP contribution in [0.5, 0.6) is 0 Å². The maximum atomic E-state index is 6.42. The molecule has 0 amide bonds. The van der Waals surface area contributed by atoms with E-state index in [1.165, 1.54) is 30.6 Å². The Kier molecular flexibility index (Phi) is 6.38. The fraction of sp³-hybridized carbons (Fsp3) is 0.765. The third-order valence-corrected chi connectivity index (χ3v) is 6.28. The van der Waals surface area contributed by atoms with Crippen LogP contribution in [-0.2, 0) is 0 Å². The topological polar surface area (TPSA) is 12.0 Å². The zero-order valence-electron chi connectivity index (χ0n) is 13.0. The normalized spacial score (nSPS) is 27.1. The number of hydrogen-bond donors (Lipinski definition) is 1. The molecule has 1 saturated carbocycles. The van der Waals surface area contributed by atoms with Gasteiger partial charge < -0.3 is 5.32 Å². The van der Waals surface area contributed by atoms with Crippen LogP contribution >= 0.6 is 22.9 Å². The third kappa shape index (κ3) is 3.99. The molecular formula is C17H28ClNS. The van der Waals surface area contributed by atoms with Crippen LogP contribution in [-0.4, -0.2) is 13.1 Å². The van der Waals surface area contributed by atoms with Gasteiger partial charge in [-0.2, -0.15) is 0 Å². The summed E-state index contributed by atoms with van der Waals surface area (Å²) in [6.45, 7) is 9.25. The second-order valence-corrected chi connectivity index (χ2v) is 7.88. The van der Waals surface area contributed by atoms with Crippen LogP contribution < -0.4 is 5.32 Å². The molecule has 20 heavy (non-hydrogen) atoms. The van der Waals surface area contributed by atoms with Gasteiger partial charge in [0.1, 0.15) is 0 Å². The summed E-state index contributed by atoms with van der Waals surface area (Å²) in [5.41, 5.74) is 0. The third-order valence-electron chi connectivity index (χ3n) is 4.79. The van der Waals surface area contributed by atoms with Gasteiger partial charge in [0, 0.05) is 4.88 Å². The van der Waals surface area contributed by atoms with E-state index in [1.54, 1.807) is 0 Å². The number of rotatable bonds is 6. The summed E-state index contributed by atoms with van der Waals surface area (Å²) in [4.78, 5) is 1.43. The molecule has 1 aromatic rings. The minimum Gasteiger partial charge on any atom is -0.316 e. The van der Waals surface area contributed by atoms with Crippen molar-refractivity contribution in [3.8, 4) is 0 Å². The van der Waals surface area contributed by atoms with Crippen LogP contribution in [0.25, 0.3) is 0 Å². The van der Waals surface area contributed by atoms with E-state index in [2.05, 4.69) is 37.5 Å². The first-order valence-electron chi connectivity index (χ1n) is 8.07. The Morgan fingerprint density at radius 1 is 1.40 bits per heavy atom. The van der Waals surface area contributed by atoms with Gasteiger partial charge in [0.25, 0.3) is 0 Å². The van der Waals surface area contributed by atoms with Crippen molar-refractivity contribution < 1.29 is 0 Å². The average Bonchev–Trinajstić information content (AvgIpc) is 2.85. The molecule has 0 spiro atoms. The monoisotopic (exact) mass is 313 g/mol. The minimum absolute atomic E-state index is 0.660. The molecule has 3 unspecified atom stereocenters. The first kappa shape index (κ1) is 16.3. The predicted octanol–water partition coefficient (Wildman–Crippen LogP) is 5.56. The van der Waals surface area contributed by atoms with E-state index in [4.69, 9.17) is 11.6 Å². The van der Waals surface area contributed by atoms with E-state index in [0.717, 1.165) is 35.9 Å². The zero-order chi connectivity index (χ0) is 14.5. The number of nitrogens with one attached hydrogen (secondary N) is 1. The average molecular weight is 314 g/mol. The van der Waals surface area contributed by atoms with Gasteiger partial charge in [-0.3, -0.25) is 0 Å². The van der Waals surface area contributed by atoms with E-state index in [0.29, 0.717) is 5.92 Å². The van der Waals surface area contributed by atoms with Gasteiger partial charge in [-0.15, -0.1) is 11.3 Å². The predicted molar refractivity (Wildman–Crippen MR) is 90.9 cm³/mol. The zero-order valence-corrected chi connectivity index (χ0v) is 14.6. The highest BCUT2D eigenvalue weighted by Crippen LogP contribution is 2.46. The molecule has 1 fully saturated rings. The Balaban J connectivity index is 2.08. The SMILES string of the molecule is CCCNCC1CCC(C(C)C)CC1c1sccc1Cl. The highest BCUT2D eigenvalue weighted by Gasteiger charge is 2.34. The van der Waals surface area contributed by atoms with Crippen molar-refractivity contribution in [1.82, 2.24) is 5.32 Å². The molecule has 1 nitrogen and oxygen atoms in total. The summed E-state index contributed by atoms with van der Waals surface area (Å²) in [6, 6.07) is 2.07. The van der Waals surface area contributed by atoms with E-state index >= 15 is 0 Å². The molecule has 0 aliphatic heterocycles. The Bertz CT molecular complexity index is 401. The minimum atomic E-state index is 0.660. The molecule has 1 aromatic heterocycles. The fourth-order valence-electron chi connectivity index (χ4n) is 3.47. The molecule has 0 radical (unpaired) electrons. The lowest BCUT2D eigenvalue weighted by molar-refractivity contribution is 0.192. The first-order chi connectivity index (χ1) is 9.63. The van der Waals surface area contributed by atoms with Gasteiger partial charge in [-0.05, 0) is 73.9 Å². The van der Waals surface area contributed by atoms with E-state index in [-0.39, 0.29) is 0 Å². The lowest BCUT2D eigenvalue weighted by Crippen LogP contribution is -2.33. The van der Waals surface area contributed by atoms with E-state index in [1.807, 2.05) is 11.3 Å². The van der Waals surface area contributed by atoms with E-state index in [9.17, 15) is 0 Å². The quantitative estimate of drug-likeness (QED) is 0.678. The first-order valence-corrected chi connectivity index (χ1v) is 9.32. The molecule has 114 valence electrons. The lowest BCUT2D eigenvalue weighted by Gasteiger charge is -2.38. The lowest BCUT2D eigenvalue weighted by atomic mass is 9.70. The van der Waals surface area contributed by atoms with Gasteiger partial charge in [-0.1, -0.05) is 32.4 Å². The summed E-state index contributed by atoms with van der Waals surface area (Å²) in [5, 5.41) is 6.76. The van der Waals surface area contributed by atoms with Crippen LogP contribution in [0.2, 0.25) is 5.02 Å². The Labute approximate surface area is 133 Å². The molecule has 3 atom stereocenters. The van der Waals surface area contributed by atoms with Crippen molar-refractivity contribution in [2.75, 3.05) is 13.1 Å². The second-order valence-electron chi connectivity index (χ2n) is 6.52. The van der Waals surface area contributed by atoms with Gasteiger partial charge >= 0.3 is 0 Å². The Morgan fingerprint density at radius 3 is 2.80 bits per heavy atom. The van der Waals surface area contributed by atoms with Gasteiger partial charge in [0.15, 0.2) is 0 Å². The molecule has 0 aromatic carbocycles. The van der Waals surface area contributed by atoms with Crippen molar-refractivity contribution in [1.29, 1.82) is 0 Å². The van der Waals surface area contributed by atoms with Crippen LogP contribution in [0, 0.1) is 17.8 Å². The van der Waals surface area contributed by atoms with Crippen molar-refractivity contribution in [3.05, 3.63) is 21.3 Å². The van der Waals surface area contributed by atoms with Crippen molar-refractivity contribution in [3.63, 3.8) is 0 Å². The number of halogens is 1. The Morgan fingerprint density at radius 2 is 2.20 bits per heavy atom. The van der Waals surface area contributed by atoms with Crippen molar-refractivity contribution in [2.45, 2.75) is 52.4 Å². The van der Waals surface area contributed by atoms with Gasteiger partial charge in [0.2, 0.25) is 0 Å². The summed E-state index contributed by atoms with van der Waals surface area (Å²) in [6.07, 6.45) is 5.26. The molecule has 1 N–H and O–H groups in total. The van der Waals surface area contributed by atoms with Crippen molar-refractivity contribution >= 4 is 22.9 Å². The maximum Gasteiger partial charge on any atom is 0.0547 e. The second kappa shape index (κ2) is 7.82. The fourth-order valence-corrected chi connectivity index (χ4v) is 4.88. The number of hydrogen-bond acceptors (Lipinski definition) is 2. The smallest absolute Gasteiger partial charge is 0.0547 e. The summed E-state index contributed by atoms with van der Waals surface area (Å²) < 4.78 is 0. The summed E-state index contributed by atoms with van der Waals surface area (Å²) >= 11 is 8.27. The molecule has 0 bridgehead atoms. The molecule has 0 saturated heterocycles. The molecule has 1 heterocycles. The van der Waals surface area contributed by atoms with Crippen LogP contribution in [0.4, 0.5) is 0 Å². The molecule has 1 aliphatic rings. The van der Waals surface area contributed by atoms with Gasteiger partial charge in [-0.25, -0.2) is 0 Å². The molecule has 3 heteroatoms. The van der Waals surface area contributed by atoms with Gasteiger partial charge in [0.05, 0.1) is 5.02 Å². The summed E-state index contributed by atoms with van der Waals surface area (Å²) in [5.74, 6) is 3.07. The molecule has 1 aliphatic carbocycles.